The summed E-state index contributed by atoms with van der Waals surface area (Å²) in [4.78, 5) is 12.3. The van der Waals surface area contributed by atoms with Gasteiger partial charge in [0.1, 0.15) is 5.82 Å². The van der Waals surface area contributed by atoms with E-state index in [0.717, 1.165) is 0 Å². The Kier molecular flexibility index (Phi) is 2.35. The number of nitrogens with two attached hydrogens (primary N) is 1. The fourth-order valence-electron chi connectivity index (χ4n) is 2.70. The number of Topliss-reactive ketones (excluding diaryl/α,β-unsaturated/α-hetero) is 1. The summed E-state index contributed by atoms with van der Waals surface area (Å²) in [5.41, 5.74) is 5.85. The first-order chi connectivity index (χ1) is 7.69. The number of rotatable bonds is 2. The van der Waals surface area contributed by atoms with Gasteiger partial charge in [0, 0.05) is 11.5 Å². The van der Waals surface area contributed by atoms with Crippen molar-refractivity contribution < 1.29 is 9.18 Å². The van der Waals surface area contributed by atoms with Crippen LogP contribution in [-0.2, 0) is 0 Å². The average molecular weight is 235 g/mol. The molecule has 1 aliphatic carbocycles. The molecule has 1 saturated carbocycles. The number of hydrogen-bond donors (Lipinski definition) is 1. The summed E-state index contributed by atoms with van der Waals surface area (Å²) in [5.74, 6) is -0.552. The third-order valence-electron chi connectivity index (χ3n) is 4.57. The Hall–Kier alpha value is -1.38. The maximum Gasteiger partial charge on any atom is 0.167 e. The van der Waals surface area contributed by atoms with Gasteiger partial charge in [-0.1, -0.05) is 27.7 Å². The Morgan fingerprint density at radius 1 is 1.24 bits per heavy atom. The van der Waals surface area contributed by atoms with Crippen LogP contribution in [0.25, 0.3) is 0 Å². The molecule has 0 unspecified atom stereocenters. The van der Waals surface area contributed by atoms with E-state index in [-0.39, 0.29) is 28.2 Å². The molecule has 0 atom stereocenters. The second-order valence-electron chi connectivity index (χ2n) is 5.98. The molecule has 0 amide bonds. The second kappa shape index (κ2) is 3.31. The van der Waals surface area contributed by atoms with E-state index in [1.165, 1.54) is 12.1 Å². The molecule has 1 aromatic carbocycles. The Morgan fingerprint density at radius 3 is 2.18 bits per heavy atom. The number of ketones is 1. The second-order valence-corrected chi connectivity index (χ2v) is 5.98. The maximum absolute atomic E-state index is 13.3. The van der Waals surface area contributed by atoms with Crippen LogP contribution >= 0.6 is 0 Å². The highest BCUT2D eigenvalue weighted by molar-refractivity contribution is 6.01. The minimum Gasteiger partial charge on any atom is -0.396 e. The van der Waals surface area contributed by atoms with Crippen LogP contribution in [0.3, 0.4) is 0 Å². The third-order valence-corrected chi connectivity index (χ3v) is 4.57. The van der Waals surface area contributed by atoms with E-state index in [2.05, 4.69) is 27.7 Å². The summed E-state index contributed by atoms with van der Waals surface area (Å²) in [6.07, 6.45) is 0. The van der Waals surface area contributed by atoms with E-state index in [1.807, 2.05) is 0 Å². The molecular weight excluding hydrogens is 217 g/mol. The molecule has 3 heteroatoms. The maximum atomic E-state index is 13.3. The largest absolute Gasteiger partial charge is 0.396 e. The number of carbonyl (C=O) groups excluding carboxylic acids is 1. The molecular formula is C14H18FNO. The predicted octanol–water partition coefficient (Wildman–Crippen LogP) is 3.27. The Labute approximate surface area is 101 Å². The molecule has 0 bridgehead atoms. The highest BCUT2D eigenvalue weighted by Gasteiger charge is 2.67. The van der Waals surface area contributed by atoms with E-state index in [0.29, 0.717) is 5.56 Å². The van der Waals surface area contributed by atoms with E-state index < -0.39 is 5.82 Å². The fourth-order valence-corrected chi connectivity index (χ4v) is 2.70. The van der Waals surface area contributed by atoms with Gasteiger partial charge in [-0.3, -0.25) is 4.79 Å². The minimum atomic E-state index is -0.521. The smallest absolute Gasteiger partial charge is 0.167 e. The zero-order valence-corrected chi connectivity index (χ0v) is 10.7. The van der Waals surface area contributed by atoms with Crippen LogP contribution in [0.15, 0.2) is 18.2 Å². The quantitative estimate of drug-likeness (QED) is 0.631. The van der Waals surface area contributed by atoms with Crippen molar-refractivity contribution in [1.29, 1.82) is 0 Å². The van der Waals surface area contributed by atoms with Crippen LogP contribution in [0.4, 0.5) is 10.1 Å². The Morgan fingerprint density at radius 2 is 1.76 bits per heavy atom. The number of halogens is 1. The number of carbonyl (C=O) groups is 1. The number of benzene rings is 1. The van der Waals surface area contributed by atoms with Gasteiger partial charge in [0.15, 0.2) is 5.78 Å². The lowest BCUT2D eigenvalue weighted by Crippen LogP contribution is -2.08. The normalized spacial score (nSPS) is 21.2. The number of hydrogen-bond acceptors (Lipinski definition) is 2. The summed E-state index contributed by atoms with van der Waals surface area (Å²) in [5, 5.41) is 0. The lowest BCUT2D eigenvalue weighted by atomic mass is 10.0. The molecule has 0 heterocycles. The zero-order chi connectivity index (χ0) is 13.0. The lowest BCUT2D eigenvalue weighted by Gasteiger charge is -2.04. The van der Waals surface area contributed by atoms with Gasteiger partial charge in [-0.2, -0.15) is 0 Å². The van der Waals surface area contributed by atoms with Crippen molar-refractivity contribution in [2.45, 2.75) is 27.7 Å². The van der Waals surface area contributed by atoms with E-state index in [9.17, 15) is 9.18 Å². The van der Waals surface area contributed by atoms with E-state index in [4.69, 9.17) is 5.73 Å². The fraction of sp³-hybridized carbons (Fsp3) is 0.500. The topological polar surface area (TPSA) is 43.1 Å². The highest BCUT2D eigenvalue weighted by atomic mass is 19.1. The lowest BCUT2D eigenvalue weighted by molar-refractivity contribution is 0.0944. The van der Waals surface area contributed by atoms with Crippen molar-refractivity contribution >= 4 is 11.5 Å². The summed E-state index contributed by atoms with van der Waals surface area (Å²) in [6, 6.07) is 4.29. The standard InChI is InChI=1S/C14H18FNO/c1-13(2)12(14(13,3)4)11(17)8-5-6-10(16)9(15)7-8/h5-7,12H,16H2,1-4H3. The van der Waals surface area contributed by atoms with Crippen molar-refractivity contribution in [3.8, 4) is 0 Å². The Bertz CT molecular complexity index is 477. The van der Waals surface area contributed by atoms with Crippen molar-refractivity contribution in [2.24, 2.45) is 16.7 Å². The third kappa shape index (κ3) is 1.56. The van der Waals surface area contributed by atoms with Crippen LogP contribution in [0.2, 0.25) is 0 Å². The molecule has 92 valence electrons. The van der Waals surface area contributed by atoms with Gasteiger partial charge in [0.05, 0.1) is 5.69 Å². The molecule has 17 heavy (non-hydrogen) atoms. The van der Waals surface area contributed by atoms with Crippen molar-refractivity contribution in [3.63, 3.8) is 0 Å². The molecule has 1 fully saturated rings. The summed E-state index contributed by atoms with van der Waals surface area (Å²) >= 11 is 0. The molecule has 0 aliphatic heterocycles. The number of nitrogen functional groups attached to an aromatic ring is 1. The zero-order valence-electron chi connectivity index (χ0n) is 10.7. The molecule has 2 N–H and O–H groups in total. The van der Waals surface area contributed by atoms with Gasteiger partial charge in [-0.25, -0.2) is 4.39 Å². The van der Waals surface area contributed by atoms with Crippen LogP contribution in [-0.4, -0.2) is 5.78 Å². The highest BCUT2D eigenvalue weighted by Crippen LogP contribution is 2.69. The average Bonchev–Trinajstić information content (AvgIpc) is 2.61. The van der Waals surface area contributed by atoms with Gasteiger partial charge in [0.25, 0.3) is 0 Å². The van der Waals surface area contributed by atoms with Crippen LogP contribution < -0.4 is 5.73 Å². The summed E-state index contributed by atoms with van der Waals surface area (Å²) in [7, 11) is 0. The Balaban J connectivity index is 2.31. The van der Waals surface area contributed by atoms with Crippen molar-refractivity contribution in [2.75, 3.05) is 5.73 Å². The monoisotopic (exact) mass is 235 g/mol. The van der Waals surface area contributed by atoms with Gasteiger partial charge in [-0.05, 0) is 29.0 Å². The molecule has 2 nitrogen and oxygen atoms in total. The first kappa shape index (κ1) is 12.1. The van der Waals surface area contributed by atoms with Gasteiger partial charge in [0.2, 0.25) is 0 Å². The van der Waals surface area contributed by atoms with Crippen LogP contribution in [0, 0.1) is 22.6 Å². The van der Waals surface area contributed by atoms with Crippen molar-refractivity contribution in [3.05, 3.63) is 29.6 Å². The van der Waals surface area contributed by atoms with Crippen LogP contribution in [0.5, 0.6) is 0 Å². The van der Waals surface area contributed by atoms with Crippen molar-refractivity contribution in [1.82, 2.24) is 0 Å². The molecule has 2 rings (SSSR count). The summed E-state index contributed by atoms with van der Waals surface area (Å²) < 4.78 is 13.3. The predicted molar refractivity (Wildman–Crippen MR) is 66.2 cm³/mol. The molecule has 0 saturated heterocycles. The van der Waals surface area contributed by atoms with E-state index >= 15 is 0 Å². The number of anilines is 1. The SMILES string of the molecule is CC1(C)C(C(=O)c2ccc(N)c(F)c2)C1(C)C. The minimum absolute atomic E-state index is 0.0129. The van der Waals surface area contributed by atoms with Gasteiger partial charge >= 0.3 is 0 Å². The summed E-state index contributed by atoms with van der Waals surface area (Å²) in [6.45, 7) is 8.29. The molecule has 0 radical (unpaired) electrons. The van der Waals surface area contributed by atoms with E-state index in [1.54, 1.807) is 6.07 Å². The first-order valence-corrected chi connectivity index (χ1v) is 5.79. The van der Waals surface area contributed by atoms with Crippen LogP contribution in [0.1, 0.15) is 38.1 Å². The molecule has 0 aromatic heterocycles. The molecule has 1 aliphatic rings. The molecule has 1 aromatic rings. The first-order valence-electron chi connectivity index (χ1n) is 5.79. The van der Waals surface area contributed by atoms with Gasteiger partial charge < -0.3 is 5.73 Å². The van der Waals surface area contributed by atoms with Gasteiger partial charge in [-0.15, -0.1) is 0 Å². The molecule has 0 spiro atoms.